The molecule has 0 saturated heterocycles. The van der Waals surface area contributed by atoms with Crippen LogP contribution in [0.15, 0.2) is 53.1 Å². The van der Waals surface area contributed by atoms with Gasteiger partial charge >= 0.3 is 0 Å². The fraction of sp³-hybridized carbons (Fsp3) is 0.190. The van der Waals surface area contributed by atoms with Crippen molar-refractivity contribution in [3.63, 3.8) is 0 Å². The molecule has 2 heterocycles. The third kappa shape index (κ3) is 3.89. The molecule has 28 heavy (non-hydrogen) atoms. The molecule has 0 atom stereocenters. The summed E-state index contributed by atoms with van der Waals surface area (Å²) in [4.78, 5) is 17.0. The van der Waals surface area contributed by atoms with E-state index in [-0.39, 0.29) is 5.91 Å². The molecule has 4 rings (SSSR count). The highest BCUT2D eigenvalue weighted by Gasteiger charge is 2.12. The smallest absolute Gasteiger partial charge is 0.251 e. The molecule has 6 nitrogen and oxygen atoms in total. The van der Waals surface area contributed by atoms with E-state index in [2.05, 4.69) is 15.5 Å². The summed E-state index contributed by atoms with van der Waals surface area (Å²) in [5.74, 6) is 1.19. The number of nitrogens with zero attached hydrogens (tertiary/aromatic N) is 2. The summed E-state index contributed by atoms with van der Waals surface area (Å²) in [5.41, 5.74) is 3.22. The van der Waals surface area contributed by atoms with Gasteiger partial charge in [0.2, 0.25) is 0 Å². The topological polar surface area (TPSA) is 77.2 Å². The minimum absolute atomic E-state index is 0.165. The Morgan fingerprint density at radius 1 is 1.18 bits per heavy atom. The van der Waals surface area contributed by atoms with Gasteiger partial charge in [0.15, 0.2) is 0 Å². The number of hydrogen-bond acceptors (Lipinski definition) is 6. The van der Waals surface area contributed by atoms with Crippen molar-refractivity contribution in [2.45, 2.75) is 27.0 Å². The maximum Gasteiger partial charge on any atom is 0.251 e. The third-order valence-electron chi connectivity index (χ3n) is 4.40. The first-order valence-electron chi connectivity index (χ1n) is 8.87. The molecule has 2 aromatic heterocycles. The Morgan fingerprint density at radius 3 is 2.82 bits per heavy atom. The van der Waals surface area contributed by atoms with Crippen LogP contribution in [0.3, 0.4) is 0 Å². The summed E-state index contributed by atoms with van der Waals surface area (Å²) in [6.45, 7) is 4.46. The summed E-state index contributed by atoms with van der Waals surface area (Å²) >= 11 is 1.58. The molecule has 0 radical (unpaired) electrons. The number of aromatic nitrogens is 2. The van der Waals surface area contributed by atoms with Gasteiger partial charge in [-0.3, -0.25) is 4.79 Å². The molecule has 0 saturated carbocycles. The Balaban J connectivity index is 1.39. The lowest BCUT2D eigenvalue weighted by Gasteiger charge is -2.08. The van der Waals surface area contributed by atoms with E-state index in [1.807, 2.05) is 44.2 Å². The molecule has 0 aliphatic rings. The lowest BCUT2D eigenvalue weighted by atomic mass is 10.2. The Bertz CT molecular complexity index is 1080. The van der Waals surface area contributed by atoms with Crippen LogP contribution < -0.4 is 10.1 Å². The number of aryl methyl sites for hydroxylation is 2. The molecule has 0 fully saturated rings. The first kappa shape index (κ1) is 18.2. The molecular formula is C21H19N3O3S. The summed E-state index contributed by atoms with van der Waals surface area (Å²) in [6.07, 6.45) is 0. The number of ether oxygens (including phenoxy) is 1. The van der Waals surface area contributed by atoms with Gasteiger partial charge in [-0.05, 0) is 44.2 Å². The number of hydrogen-bond donors (Lipinski definition) is 1. The largest absolute Gasteiger partial charge is 0.489 e. The molecule has 0 aliphatic heterocycles. The van der Waals surface area contributed by atoms with Crippen LogP contribution in [0, 0.1) is 13.8 Å². The number of thiazole rings is 1. The number of benzene rings is 2. The second-order valence-electron chi connectivity index (χ2n) is 6.38. The van der Waals surface area contributed by atoms with Crippen molar-refractivity contribution in [3.05, 3.63) is 76.1 Å². The highest BCUT2D eigenvalue weighted by Crippen LogP contribution is 2.22. The zero-order valence-corrected chi connectivity index (χ0v) is 16.4. The fourth-order valence-corrected chi connectivity index (χ4v) is 3.75. The number of amides is 1. The maximum absolute atomic E-state index is 12.5. The van der Waals surface area contributed by atoms with E-state index in [1.54, 1.807) is 29.5 Å². The molecule has 0 unspecified atom stereocenters. The molecule has 0 bridgehead atoms. The second-order valence-corrected chi connectivity index (χ2v) is 7.49. The van der Waals surface area contributed by atoms with Gasteiger partial charge in [0.05, 0.1) is 28.0 Å². The van der Waals surface area contributed by atoms with Gasteiger partial charge in [0.1, 0.15) is 23.1 Å². The van der Waals surface area contributed by atoms with E-state index in [4.69, 9.17) is 9.26 Å². The first-order chi connectivity index (χ1) is 13.6. The number of carbonyl (C=O) groups excluding carboxylic acids is 1. The monoisotopic (exact) mass is 393 g/mol. The van der Waals surface area contributed by atoms with Gasteiger partial charge < -0.3 is 14.6 Å². The predicted octanol–water partition coefficient (Wildman–Crippen LogP) is 4.41. The molecule has 0 spiro atoms. The van der Waals surface area contributed by atoms with Crippen molar-refractivity contribution in [1.29, 1.82) is 0 Å². The van der Waals surface area contributed by atoms with E-state index in [9.17, 15) is 4.79 Å². The fourth-order valence-electron chi connectivity index (χ4n) is 2.84. The van der Waals surface area contributed by atoms with Crippen molar-refractivity contribution < 1.29 is 14.1 Å². The van der Waals surface area contributed by atoms with Crippen LogP contribution in [-0.4, -0.2) is 16.0 Å². The Hall–Kier alpha value is -3.19. The minimum Gasteiger partial charge on any atom is -0.489 e. The van der Waals surface area contributed by atoms with Crippen LogP contribution in [0.4, 0.5) is 0 Å². The average Bonchev–Trinajstić information content (AvgIpc) is 3.27. The molecule has 7 heteroatoms. The molecule has 0 aliphatic carbocycles. The molecular weight excluding hydrogens is 374 g/mol. The van der Waals surface area contributed by atoms with Gasteiger partial charge in [-0.15, -0.1) is 11.3 Å². The van der Waals surface area contributed by atoms with Gasteiger partial charge in [-0.1, -0.05) is 23.4 Å². The van der Waals surface area contributed by atoms with Gasteiger partial charge in [0.25, 0.3) is 5.91 Å². The van der Waals surface area contributed by atoms with Crippen LogP contribution in [0.2, 0.25) is 0 Å². The van der Waals surface area contributed by atoms with Crippen LogP contribution in [-0.2, 0) is 13.2 Å². The van der Waals surface area contributed by atoms with Crippen LogP contribution in [0.5, 0.6) is 5.75 Å². The van der Waals surface area contributed by atoms with Crippen LogP contribution >= 0.6 is 11.3 Å². The summed E-state index contributed by atoms with van der Waals surface area (Å²) in [6, 6.07) is 15.0. The number of rotatable bonds is 6. The average molecular weight is 393 g/mol. The normalized spacial score (nSPS) is 10.9. The van der Waals surface area contributed by atoms with Crippen molar-refractivity contribution in [2.24, 2.45) is 0 Å². The number of nitrogens with one attached hydrogen (secondary N) is 1. The third-order valence-corrected chi connectivity index (χ3v) is 5.44. The predicted molar refractivity (Wildman–Crippen MR) is 108 cm³/mol. The zero-order chi connectivity index (χ0) is 19.5. The van der Waals surface area contributed by atoms with Crippen molar-refractivity contribution >= 4 is 27.5 Å². The van der Waals surface area contributed by atoms with Crippen LogP contribution in [0.25, 0.3) is 10.2 Å². The SMILES string of the molecule is Cc1noc(C)c1COc1cccc(C(=O)NCc2nc3ccccc3s2)c1. The van der Waals surface area contributed by atoms with Crippen LogP contribution in [0.1, 0.15) is 32.4 Å². The standard InChI is InChI=1S/C21H19N3O3S/c1-13-17(14(2)27-24-13)12-26-16-7-5-6-15(10-16)21(25)22-11-20-23-18-8-3-4-9-19(18)28-20/h3-10H,11-12H2,1-2H3,(H,22,25). The Morgan fingerprint density at radius 2 is 2.04 bits per heavy atom. The summed E-state index contributed by atoms with van der Waals surface area (Å²) in [5, 5.41) is 7.71. The highest BCUT2D eigenvalue weighted by atomic mass is 32.1. The number of carbonyl (C=O) groups is 1. The second kappa shape index (κ2) is 7.82. The van der Waals surface area contributed by atoms with Crippen molar-refractivity contribution in [3.8, 4) is 5.75 Å². The molecule has 1 N–H and O–H groups in total. The Labute approximate surface area is 166 Å². The van der Waals surface area contributed by atoms with Crippen molar-refractivity contribution in [2.75, 3.05) is 0 Å². The van der Waals surface area contributed by atoms with Crippen molar-refractivity contribution in [1.82, 2.24) is 15.5 Å². The summed E-state index contributed by atoms with van der Waals surface area (Å²) < 4.78 is 12.1. The van der Waals surface area contributed by atoms with E-state index in [0.29, 0.717) is 24.5 Å². The van der Waals surface area contributed by atoms with Gasteiger partial charge in [0, 0.05) is 5.56 Å². The lowest BCUT2D eigenvalue weighted by Crippen LogP contribution is -2.22. The van der Waals surface area contributed by atoms with E-state index in [0.717, 1.165) is 32.2 Å². The summed E-state index contributed by atoms with van der Waals surface area (Å²) in [7, 11) is 0. The molecule has 142 valence electrons. The molecule has 1 amide bonds. The lowest BCUT2D eigenvalue weighted by molar-refractivity contribution is 0.0950. The first-order valence-corrected chi connectivity index (χ1v) is 9.69. The van der Waals surface area contributed by atoms with Gasteiger partial charge in [-0.25, -0.2) is 4.98 Å². The van der Waals surface area contributed by atoms with E-state index >= 15 is 0 Å². The number of para-hydroxylation sites is 1. The number of fused-ring (bicyclic) bond motifs is 1. The zero-order valence-electron chi connectivity index (χ0n) is 15.6. The quantitative estimate of drug-likeness (QED) is 0.525. The van der Waals surface area contributed by atoms with Gasteiger partial charge in [-0.2, -0.15) is 0 Å². The molecule has 2 aromatic carbocycles. The minimum atomic E-state index is -0.165. The Kier molecular flexibility index (Phi) is 5.08. The van der Waals surface area contributed by atoms with E-state index in [1.165, 1.54) is 0 Å². The van der Waals surface area contributed by atoms with E-state index < -0.39 is 0 Å². The highest BCUT2D eigenvalue weighted by molar-refractivity contribution is 7.18. The molecule has 4 aromatic rings. The maximum atomic E-state index is 12.5.